The Balaban J connectivity index is 1.86. The lowest BCUT2D eigenvalue weighted by Crippen LogP contribution is -2.28. The van der Waals surface area contributed by atoms with Crippen LogP contribution in [0, 0.1) is 10.1 Å². The van der Waals surface area contributed by atoms with Gasteiger partial charge in [0.1, 0.15) is 21.3 Å². The normalized spacial score (nSPS) is 12.1. The lowest BCUT2D eigenvalue weighted by Gasteiger charge is -2.15. The summed E-state index contributed by atoms with van der Waals surface area (Å²) in [6.45, 7) is 0. The maximum absolute atomic E-state index is 12.8. The van der Waals surface area contributed by atoms with Crippen LogP contribution in [0.1, 0.15) is 0 Å². The Bertz CT molecular complexity index is 1510. The first-order valence-corrected chi connectivity index (χ1v) is 12.4. The summed E-state index contributed by atoms with van der Waals surface area (Å²) in [6.07, 6.45) is -5.34. The molecule has 0 amide bonds. The van der Waals surface area contributed by atoms with E-state index < -0.39 is 52.6 Å². The predicted octanol–water partition coefficient (Wildman–Crippen LogP) is 3.23. The molecule has 3 aromatic rings. The summed E-state index contributed by atoms with van der Waals surface area (Å²) in [5.41, 5.74) is -0.231. The van der Waals surface area contributed by atoms with E-state index in [2.05, 4.69) is 4.74 Å². The smallest absolute Gasteiger partial charge is 0.456 e. The lowest BCUT2D eigenvalue weighted by molar-refractivity contribution is -0.384. The Labute approximate surface area is 206 Å². The second kappa shape index (κ2) is 10.6. The van der Waals surface area contributed by atoms with Gasteiger partial charge in [0.05, 0.1) is 4.92 Å². The van der Waals surface area contributed by atoms with E-state index in [0.29, 0.717) is 12.1 Å². The molecule has 0 spiro atoms. The van der Waals surface area contributed by atoms with E-state index in [-0.39, 0.29) is 17.2 Å². The minimum Gasteiger partial charge on any atom is -0.456 e. The fourth-order valence-electron chi connectivity index (χ4n) is 2.69. The van der Waals surface area contributed by atoms with E-state index in [4.69, 9.17) is 14.8 Å². The number of nitro groups is 1. The first-order valence-electron chi connectivity index (χ1n) is 9.47. The molecule has 0 fully saturated rings. The number of ether oxygens (including phenoxy) is 2. The van der Waals surface area contributed by atoms with Crippen molar-refractivity contribution in [2.45, 2.75) is 16.2 Å². The molecule has 0 saturated heterocycles. The molecule has 0 atom stereocenters. The molecular formula is C19H14F3N3O10S2. The topological polar surface area (TPSA) is 183 Å². The van der Waals surface area contributed by atoms with Gasteiger partial charge in [-0.15, -0.1) is 13.2 Å². The Hall–Kier alpha value is -3.97. The Morgan fingerprint density at radius 3 is 2.03 bits per heavy atom. The highest BCUT2D eigenvalue weighted by Gasteiger charge is 2.34. The molecular weight excluding hydrogens is 551 g/mol. The zero-order chi connectivity index (χ0) is 27.4. The van der Waals surface area contributed by atoms with Crippen LogP contribution >= 0.6 is 0 Å². The second-order valence-electron chi connectivity index (χ2n) is 6.74. The van der Waals surface area contributed by atoms with Gasteiger partial charge >= 0.3 is 6.36 Å². The predicted molar refractivity (Wildman–Crippen MR) is 116 cm³/mol. The monoisotopic (exact) mass is 565 g/mol. The van der Waals surface area contributed by atoms with Crippen LogP contribution in [0.3, 0.4) is 0 Å². The minimum atomic E-state index is -5.34. The number of hydrogen-bond acceptors (Lipinski definition) is 10. The second-order valence-corrected chi connectivity index (χ2v) is 9.98. The molecule has 0 radical (unpaired) electrons. The number of hydrogen-bond donors (Lipinski definition) is 3. The van der Waals surface area contributed by atoms with Crippen LogP contribution in [0.15, 0.2) is 76.5 Å². The fraction of sp³-hybridized carbons (Fsp3) is 0.0526. The van der Waals surface area contributed by atoms with Crippen molar-refractivity contribution in [3.8, 4) is 23.0 Å². The molecule has 37 heavy (non-hydrogen) atoms. The molecule has 198 valence electrons. The van der Waals surface area contributed by atoms with E-state index in [0.717, 1.165) is 29.2 Å². The van der Waals surface area contributed by atoms with Crippen LogP contribution in [0.4, 0.5) is 18.9 Å². The summed E-state index contributed by atoms with van der Waals surface area (Å²) < 4.78 is 96.4. The Morgan fingerprint density at radius 2 is 1.43 bits per heavy atom. The SMILES string of the molecule is O=[N+]([O-])c1ccc(Oc2ccccc2S(=O)(=O)NOc2ccc(S(=O)(=O)NO)c(OC(F)(F)F)c2)cc1. The third kappa shape index (κ3) is 7.05. The average Bonchev–Trinajstić information content (AvgIpc) is 2.82. The van der Waals surface area contributed by atoms with Gasteiger partial charge in [0.2, 0.25) is 0 Å². The molecule has 0 saturated carbocycles. The fourth-order valence-corrected chi connectivity index (χ4v) is 4.33. The molecule has 0 aliphatic rings. The maximum Gasteiger partial charge on any atom is 0.573 e. The van der Waals surface area contributed by atoms with Gasteiger partial charge in [-0.3, -0.25) is 10.1 Å². The standard InChI is InChI=1S/C19H14F3N3O10S2/c20-19(21,22)34-16-11-14(9-10-18(16)36(29,30)23-26)35-24-37(31,32)17-4-2-1-3-15(17)33-13-7-5-12(6-8-13)25(27)28/h1-11,23-24,26H. The van der Waals surface area contributed by atoms with Gasteiger partial charge in [-0.25, -0.2) is 16.8 Å². The van der Waals surface area contributed by atoms with Crippen molar-refractivity contribution in [1.29, 1.82) is 0 Å². The summed E-state index contributed by atoms with van der Waals surface area (Å²) in [7, 11) is -9.38. The van der Waals surface area contributed by atoms with Crippen molar-refractivity contribution in [3.63, 3.8) is 0 Å². The van der Waals surface area contributed by atoms with E-state index in [1.807, 2.05) is 0 Å². The zero-order valence-corrected chi connectivity index (χ0v) is 19.5. The van der Waals surface area contributed by atoms with Crippen molar-refractivity contribution in [1.82, 2.24) is 9.77 Å². The van der Waals surface area contributed by atoms with Gasteiger partial charge < -0.3 is 19.5 Å². The van der Waals surface area contributed by atoms with Gasteiger partial charge in [-0.1, -0.05) is 17.0 Å². The van der Waals surface area contributed by atoms with E-state index in [1.165, 1.54) is 30.3 Å². The quantitative estimate of drug-likeness (QED) is 0.244. The lowest BCUT2D eigenvalue weighted by atomic mass is 10.3. The Kier molecular flexibility index (Phi) is 7.88. The minimum absolute atomic E-state index is 0.0531. The molecule has 3 aromatic carbocycles. The molecule has 3 N–H and O–H groups in total. The number of halogens is 3. The van der Waals surface area contributed by atoms with Crippen molar-refractivity contribution >= 4 is 25.7 Å². The van der Waals surface area contributed by atoms with Crippen LogP contribution in [0.5, 0.6) is 23.0 Å². The van der Waals surface area contributed by atoms with Crippen molar-refractivity contribution in [3.05, 3.63) is 76.8 Å². The summed E-state index contributed by atoms with van der Waals surface area (Å²) >= 11 is 0. The van der Waals surface area contributed by atoms with Crippen LogP contribution in [0.25, 0.3) is 0 Å². The first kappa shape index (κ1) is 27.6. The third-order valence-corrected chi connectivity index (χ3v) is 6.61. The molecule has 0 unspecified atom stereocenters. The molecule has 0 bridgehead atoms. The number of nitrogens with one attached hydrogen (secondary N) is 2. The van der Waals surface area contributed by atoms with Gasteiger partial charge in [0.25, 0.3) is 25.7 Å². The van der Waals surface area contributed by atoms with E-state index in [1.54, 1.807) is 4.89 Å². The number of nitrogens with zero attached hydrogens (tertiary/aromatic N) is 1. The molecule has 0 heterocycles. The molecule has 0 aliphatic carbocycles. The van der Waals surface area contributed by atoms with Gasteiger partial charge in [-0.2, -0.15) is 0 Å². The van der Waals surface area contributed by atoms with Crippen molar-refractivity contribution < 1.29 is 54.4 Å². The van der Waals surface area contributed by atoms with Gasteiger partial charge in [0, 0.05) is 18.2 Å². The summed E-state index contributed by atoms with van der Waals surface area (Å²) in [6, 6.07) is 11.6. The Morgan fingerprint density at radius 1 is 0.838 bits per heavy atom. The number of alkyl halides is 3. The van der Waals surface area contributed by atoms with E-state index >= 15 is 0 Å². The van der Waals surface area contributed by atoms with Crippen molar-refractivity contribution in [2.24, 2.45) is 0 Å². The van der Waals surface area contributed by atoms with Crippen LogP contribution in [-0.2, 0) is 20.0 Å². The number of sulfonamides is 2. The highest BCUT2D eigenvalue weighted by molar-refractivity contribution is 7.89. The van der Waals surface area contributed by atoms with Gasteiger partial charge in [0.15, 0.2) is 11.5 Å². The van der Waals surface area contributed by atoms with E-state index in [9.17, 15) is 40.1 Å². The molecule has 13 nitrogen and oxygen atoms in total. The van der Waals surface area contributed by atoms with Gasteiger partial charge in [-0.05, 0) is 41.3 Å². The molecule has 3 rings (SSSR count). The number of para-hydroxylation sites is 1. The third-order valence-electron chi connectivity index (χ3n) is 4.23. The van der Waals surface area contributed by atoms with Crippen LogP contribution in [0.2, 0.25) is 0 Å². The first-order chi connectivity index (χ1) is 17.2. The van der Waals surface area contributed by atoms with Crippen LogP contribution in [-0.4, -0.2) is 33.3 Å². The molecule has 18 heteroatoms. The largest absolute Gasteiger partial charge is 0.573 e. The number of benzene rings is 3. The summed E-state index contributed by atoms with van der Waals surface area (Å²) in [4.78, 5) is 15.9. The zero-order valence-electron chi connectivity index (χ0n) is 17.9. The molecule has 0 aromatic heterocycles. The summed E-state index contributed by atoms with van der Waals surface area (Å²) in [5.74, 6) is -2.12. The maximum atomic E-state index is 12.8. The highest BCUT2D eigenvalue weighted by Crippen LogP contribution is 2.33. The number of rotatable bonds is 10. The summed E-state index contributed by atoms with van der Waals surface area (Å²) in [5, 5.41) is 19.5. The van der Waals surface area contributed by atoms with Crippen LogP contribution < -0.4 is 24.1 Å². The highest BCUT2D eigenvalue weighted by atomic mass is 32.2. The van der Waals surface area contributed by atoms with Crippen molar-refractivity contribution in [2.75, 3.05) is 0 Å². The molecule has 0 aliphatic heterocycles. The number of nitro benzene ring substituents is 1. The average molecular weight is 565 g/mol. The number of non-ortho nitro benzene ring substituents is 1.